The predicted octanol–water partition coefficient (Wildman–Crippen LogP) is 6.00. The Morgan fingerprint density at radius 1 is 1.14 bits per heavy atom. The molecule has 4 nitrogen and oxygen atoms in total. The highest BCUT2D eigenvalue weighted by molar-refractivity contribution is 9.10. The van der Waals surface area contributed by atoms with Crippen LogP contribution in [0.4, 0.5) is 0 Å². The summed E-state index contributed by atoms with van der Waals surface area (Å²) >= 11 is 15.7. The first kappa shape index (κ1) is 21.7. The monoisotopic (exact) mass is 487 g/mol. The Balaban J connectivity index is 1.66. The van der Waals surface area contributed by atoms with E-state index in [2.05, 4.69) is 27.3 Å². The van der Waals surface area contributed by atoms with Gasteiger partial charge in [-0.25, -0.2) is 0 Å². The molecule has 0 aromatic heterocycles. The number of ether oxygens (including phenoxy) is 3. The van der Waals surface area contributed by atoms with Gasteiger partial charge in [-0.15, -0.1) is 0 Å². The average molecular weight is 489 g/mol. The third-order valence-corrected chi connectivity index (χ3v) is 5.79. The number of hydrogen-bond acceptors (Lipinski definition) is 4. The van der Waals surface area contributed by atoms with Gasteiger partial charge in [-0.3, -0.25) is 0 Å². The van der Waals surface area contributed by atoms with Gasteiger partial charge in [0.15, 0.2) is 11.5 Å². The van der Waals surface area contributed by atoms with E-state index in [0.717, 1.165) is 48.1 Å². The van der Waals surface area contributed by atoms with Crippen LogP contribution in [0.3, 0.4) is 0 Å². The Hall–Kier alpha value is -0.980. The number of benzene rings is 2. The molecule has 3 rings (SSSR count). The molecule has 1 N–H and O–H groups in total. The fraction of sp³-hybridized carbons (Fsp3) is 0.429. The van der Waals surface area contributed by atoms with E-state index in [1.165, 1.54) is 0 Å². The first-order valence-corrected chi connectivity index (χ1v) is 11.0. The Labute approximate surface area is 184 Å². The Morgan fingerprint density at radius 2 is 2.00 bits per heavy atom. The number of hydrogen-bond donors (Lipinski definition) is 1. The van der Waals surface area contributed by atoms with E-state index in [4.69, 9.17) is 37.4 Å². The standard InChI is InChI=1S/C21H24BrCl2NO3/c1-2-26-20-10-15(11-25-12-16-4-3-7-27-16)8-17(22)21(20)28-13-14-5-6-18(23)19(24)9-14/h5-6,8-10,16,25H,2-4,7,11-13H2,1H3/t16-/m1/s1. The van der Waals surface area contributed by atoms with Crippen molar-refractivity contribution in [3.8, 4) is 11.5 Å². The van der Waals surface area contributed by atoms with Gasteiger partial charge in [0.05, 0.1) is 27.2 Å². The van der Waals surface area contributed by atoms with Crippen molar-refractivity contribution in [1.82, 2.24) is 5.32 Å². The van der Waals surface area contributed by atoms with Crippen LogP contribution in [0.2, 0.25) is 10.0 Å². The van der Waals surface area contributed by atoms with Gasteiger partial charge in [-0.1, -0.05) is 29.3 Å². The van der Waals surface area contributed by atoms with E-state index in [1.54, 1.807) is 6.07 Å². The molecular weight excluding hydrogens is 465 g/mol. The molecular formula is C21H24BrCl2NO3. The van der Waals surface area contributed by atoms with Crippen molar-refractivity contribution in [2.24, 2.45) is 0 Å². The van der Waals surface area contributed by atoms with E-state index >= 15 is 0 Å². The molecule has 0 aliphatic carbocycles. The van der Waals surface area contributed by atoms with E-state index in [9.17, 15) is 0 Å². The first-order valence-electron chi connectivity index (χ1n) is 9.41. The summed E-state index contributed by atoms with van der Waals surface area (Å²) in [5.74, 6) is 1.39. The fourth-order valence-corrected chi connectivity index (χ4v) is 4.02. The van der Waals surface area contributed by atoms with E-state index < -0.39 is 0 Å². The molecule has 2 aromatic rings. The molecule has 1 saturated heterocycles. The number of halogens is 3. The zero-order chi connectivity index (χ0) is 19.9. The third-order valence-electron chi connectivity index (χ3n) is 4.46. The zero-order valence-corrected chi connectivity index (χ0v) is 18.9. The maximum Gasteiger partial charge on any atom is 0.175 e. The van der Waals surface area contributed by atoms with Crippen LogP contribution >= 0.6 is 39.1 Å². The van der Waals surface area contributed by atoms with Crippen molar-refractivity contribution < 1.29 is 14.2 Å². The molecule has 1 atom stereocenters. The van der Waals surface area contributed by atoms with Crippen molar-refractivity contribution in [2.75, 3.05) is 19.8 Å². The smallest absolute Gasteiger partial charge is 0.175 e. The quantitative estimate of drug-likeness (QED) is 0.469. The van der Waals surface area contributed by atoms with Crippen LogP contribution in [-0.4, -0.2) is 25.9 Å². The lowest BCUT2D eigenvalue weighted by Crippen LogP contribution is -2.25. The van der Waals surface area contributed by atoms with Crippen LogP contribution in [0.25, 0.3) is 0 Å². The molecule has 1 aliphatic rings. The molecule has 0 radical (unpaired) electrons. The molecule has 152 valence electrons. The zero-order valence-electron chi connectivity index (χ0n) is 15.8. The van der Waals surface area contributed by atoms with E-state index in [-0.39, 0.29) is 0 Å². The lowest BCUT2D eigenvalue weighted by Gasteiger charge is -2.16. The largest absolute Gasteiger partial charge is 0.490 e. The maximum atomic E-state index is 6.09. The minimum absolute atomic E-state index is 0.323. The van der Waals surface area contributed by atoms with Crippen molar-refractivity contribution in [2.45, 2.75) is 39.0 Å². The second kappa shape index (κ2) is 10.7. The summed E-state index contributed by atoms with van der Waals surface area (Å²) in [4.78, 5) is 0. The highest BCUT2D eigenvalue weighted by atomic mass is 79.9. The normalized spacial score (nSPS) is 16.4. The molecule has 0 spiro atoms. The molecule has 1 aliphatic heterocycles. The van der Waals surface area contributed by atoms with Gasteiger partial charge in [0.2, 0.25) is 0 Å². The minimum atomic E-state index is 0.323. The predicted molar refractivity (Wildman–Crippen MR) is 117 cm³/mol. The minimum Gasteiger partial charge on any atom is -0.490 e. The fourth-order valence-electron chi connectivity index (χ4n) is 3.09. The van der Waals surface area contributed by atoms with E-state index in [1.807, 2.05) is 25.1 Å². The summed E-state index contributed by atoms with van der Waals surface area (Å²) in [5.41, 5.74) is 2.06. The van der Waals surface area contributed by atoms with Crippen LogP contribution in [0.1, 0.15) is 30.9 Å². The topological polar surface area (TPSA) is 39.7 Å². The molecule has 1 heterocycles. The van der Waals surface area contributed by atoms with Crippen LogP contribution in [-0.2, 0) is 17.9 Å². The van der Waals surface area contributed by atoms with Crippen molar-refractivity contribution in [3.05, 3.63) is 56.0 Å². The summed E-state index contributed by atoms with van der Waals surface area (Å²) < 4.78 is 18.3. The summed E-state index contributed by atoms with van der Waals surface area (Å²) in [6, 6.07) is 9.54. The summed E-state index contributed by atoms with van der Waals surface area (Å²) in [6.07, 6.45) is 2.60. The van der Waals surface area contributed by atoms with Crippen LogP contribution < -0.4 is 14.8 Å². The van der Waals surface area contributed by atoms with Gasteiger partial charge >= 0.3 is 0 Å². The van der Waals surface area contributed by atoms with Gasteiger partial charge in [-0.2, -0.15) is 0 Å². The molecule has 0 amide bonds. The Kier molecular flexibility index (Phi) is 8.30. The molecule has 2 aromatic carbocycles. The third kappa shape index (κ3) is 6.01. The second-order valence-corrected chi connectivity index (χ2v) is 8.31. The average Bonchev–Trinajstić information content (AvgIpc) is 3.17. The Bertz CT molecular complexity index is 797. The summed E-state index contributed by atoms with van der Waals surface area (Å²) in [6.45, 7) is 5.35. The highest BCUT2D eigenvalue weighted by Crippen LogP contribution is 2.37. The molecule has 7 heteroatoms. The molecule has 0 saturated carbocycles. The van der Waals surface area contributed by atoms with Gasteiger partial charge in [-0.05, 0) is 71.1 Å². The van der Waals surface area contributed by atoms with Crippen molar-refractivity contribution >= 4 is 39.1 Å². The van der Waals surface area contributed by atoms with Crippen LogP contribution in [0.5, 0.6) is 11.5 Å². The maximum absolute atomic E-state index is 6.09. The lowest BCUT2D eigenvalue weighted by molar-refractivity contribution is 0.110. The summed E-state index contributed by atoms with van der Waals surface area (Å²) in [5, 5.41) is 4.50. The SMILES string of the molecule is CCOc1cc(CNC[C@H]2CCCO2)cc(Br)c1OCc1ccc(Cl)c(Cl)c1. The number of nitrogens with one attached hydrogen (secondary N) is 1. The van der Waals surface area contributed by atoms with Crippen LogP contribution in [0, 0.1) is 0 Å². The van der Waals surface area contributed by atoms with Crippen LogP contribution in [0.15, 0.2) is 34.8 Å². The number of rotatable bonds is 9. The van der Waals surface area contributed by atoms with Gasteiger partial charge in [0, 0.05) is 19.7 Å². The van der Waals surface area contributed by atoms with E-state index in [0.29, 0.717) is 40.9 Å². The first-order chi connectivity index (χ1) is 13.6. The molecule has 1 fully saturated rings. The lowest BCUT2D eigenvalue weighted by atomic mass is 10.2. The second-order valence-electron chi connectivity index (χ2n) is 6.64. The van der Waals surface area contributed by atoms with Crippen molar-refractivity contribution in [3.63, 3.8) is 0 Å². The van der Waals surface area contributed by atoms with Gasteiger partial charge in [0.25, 0.3) is 0 Å². The molecule has 28 heavy (non-hydrogen) atoms. The Morgan fingerprint density at radius 3 is 2.71 bits per heavy atom. The van der Waals surface area contributed by atoms with Gasteiger partial charge < -0.3 is 19.5 Å². The molecule has 0 bridgehead atoms. The summed E-state index contributed by atoms with van der Waals surface area (Å²) in [7, 11) is 0. The van der Waals surface area contributed by atoms with Gasteiger partial charge in [0.1, 0.15) is 6.61 Å². The molecule has 0 unspecified atom stereocenters. The highest BCUT2D eigenvalue weighted by Gasteiger charge is 2.16. The van der Waals surface area contributed by atoms with Crippen molar-refractivity contribution in [1.29, 1.82) is 0 Å².